The van der Waals surface area contributed by atoms with Gasteiger partial charge in [0, 0.05) is 65.2 Å². The zero-order chi connectivity index (χ0) is 18.6. The van der Waals surface area contributed by atoms with E-state index in [1.165, 1.54) is 0 Å². The van der Waals surface area contributed by atoms with Gasteiger partial charge in [-0.1, -0.05) is 0 Å². The molecule has 1 aromatic rings. The van der Waals surface area contributed by atoms with Crippen LogP contribution in [-0.2, 0) is 9.53 Å². The largest absolute Gasteiger partial charge is 0.383 e. The van der Waals surface area contributed by atoms with Gasteiger partial charge in [0.05, 0.1) is 13.2 Å². The Morgan fingerprint density at radius 1 is 1.23 bits per heavy atom. The van der Waals surface area contributed by atoms with Gasteiger partial charge in [0.15, 0.2) is 5.96 Å². The monoisotopic (exact) mass is 363 g/mol. The molecule has 1 saturated heterocycles. The van der Waals surface area contributed by atoms with Crippen LogP contribution in [0.15, 0.2) is 23.5 Å². The van der Waals surface area contributed by atoms with Gasteiger partial charge >= 0.3 is 0 Å². The van der Waals surface area contributed by atoms with Crippen molar-refractivity contribution in [2.45, 2.75) is 13.3 Å². The summed E-state index contributed by atoms with van der Waals surface area (Å²) in [5, 5.41) is 6.35. The molecule has 9 nitrogen and oxygen atoms in total. The number of anilines is 1. The Balaban J connectivity index is 1.70. The van der Waals surface area contributed by atoms with Crippen molar-refractivity contribution in [1.29, 1.82) is 0 Å². The molecule has 1 amide bonds. The molecule has 0 saturated carbocycles. The van der Waals surface area contributed by atoms with E-state index in [4.69, 9.17) is 4.74 Å². The number of ether oxygens (including phenoxy) is 1. The molecule has 26 heavy (non-hydrogen) atoms. The molecular formula is C17H29N7O2. The van der Waals surface area contributed by atoms with E-state index in [1.54, 1.807) is 25.6 Å². The fraction of sp³-hybridized carbons (Fsp3) is 0.647. The number of aliphatic imine (C=N–C) groups is 1. The van der Waals surface area contributed by atoms with Crippen LogP contribution in [0.4, 0.5) is 5.95 Å². The number of piperazine rings is 1. The number of rotatable bonds is 8. The minimum atomic E-state index is 0.152. The Bertz CT molecular complexity index is 559. The lowest BCUT2D eigenvalue weighted by atomic mass is 10.3. The van der Waals surface area contributed by atoms with Gasteiger partial charge in [0.25, 0.3) is 0 Å². The van der Waals surface area contributed by atoms with Crippen molar-refractivity contribution in [3.05, 3.63) is 18.5 Å². The second kappa shape index (κ2) is 11.2. The molecule has 1 aliphatic rings. The van der Waals surface area contributed by atoms with Crippen LogP contribution in [-0.4, -0.2) is 86.3 Å². The van der Waals surface area contributed by atoms with Crippen LogP contribution < -0.4 is 15.5 Å². The van der Waals surface area contributed by atoms with Gasteiger partial charge in [0.2, 0.25) is 11.9 Å². The molecular weight excluding hydrogens is 334 g/mol. The molecule has 0 radical (unpaired) electrons. The minimum absolute atomic E-state index is 0.152. The smallest absolute Gasteiger partial charge is 0.225 e. The number of hydrogen-bond donors (Lipinski definition) is 2. The summed E-state index contributed by atoms with van der Waals surface area (Å²) in [5.41, 5.74) is 0. The lowest BCUT2D eigenvalue weighted by Crippen LogP contribution is -2.50. The van der Waals surface area contributed by atoms with Gasteiger partial charge in [-0.2, -0.15) is 0 Å². The predicted octanol–water partition coefficient (Wildman–Crippen LogP) is -0.283. The van der Waals surface area contributed by atoms with Gasteiger partial charge < -0.3 is 25.2 Å². The highest BCUT2D eigenvalue weighted by atomic mass is 16.5. The van der Waals surface area contributed by atoms with Crippen LogP contribution in [0.5, 0.6) is 0 Å². The van der Waals surface area contributed by atoms with Crippen molar-refractivity contribution in [1.82, 2.24) is 25.5 Å². The molecule has 9 heteroatoms. The van der Waals surface area contributed by atoms with Crippen LogP contribution in [0, 0.1) is 0 Å². The van der Waals surface area contributed by atoms with Gasteiger partial charge in [-0.25, -0.2) is 9.97 Å². The number of aromatic nitrogens is 2. The van der Waals surface area contributed by atoms with Crippen molar-refractivity contribution in [3.63, 3.8) is 0 Å². The summed E-state index contributed by atoms with van der Waals surface area (Å²) >= 11 is 0. The number of carbonyl (C=O) groups is 1. The number of guanidine groups is 1. The van der Waals surface area contributed by atoms with Gasteiger partial charge in [-0.15, -0.1) is 0 Å². The first-order chi connectivity index (χ1) is 12.7. The molecule has 1 aliphatic heterocycles. The van der Waals surface area contributed by atoms with Gasteiger partial charge in [-0.3, -0.25) is 9.79 Å². The summed E-state index contributed by atoms with van der Waals surface area (Å²) in [6.07, 6.45) is 3.92. The first-order valence-electron chi connectivity index (χ1n) is 9.05. The first-order valence-corrected chi connectivity index (χ1v) is 9.05. The third kappa shape index (κ3) is 6.47. The third-order valence-electron chi connectivity index (χ3n) is 4.01. The summed E-state index contributed by atoms with van der Waals surface area (Å²) in [4.78, 5) is 29.3. The molecule has 0 bridgehead atoms. The number of methoxy groups -OCH3 is 1. The van der Waals surface area contributed by atoms with E-state index >= 15 is 0 Å². The second-order valence-electron chi connectivity index (χ2n) is 5.85. The summed E-state index contributed by atoms with van der Waals surface area (Å²) < 4.78 is 5.00. The number of carbonyl (C=O) groups excluding carboxylic acids is 1. The fourth-order valence-corrected chi connectivity index (χ4v) is 2.65. The molecule has 144 valence electrons. The van der Waals surface area contributed by atoms with Gasteiger partial charge in [-0.05, 0) is 13.0 Å². The highest BCUT2D eigenvalue weighted by Crippen LogP contribution is 2.10. The number of amides is 1. The summed E-state index contributed by atoms with van der Waals surface area (Å²) in [6.45, 7) is 7.39. The fourth-order valence-electron chi connectivity index (χ4n) is 2.65. The Kier molecular flexibility index (Phi) is 8.61. The molecule has 0 spiro atoms. The highest BCUT2D eigenvalue weighted by molar-refractivity contribution is 5.81. The Labute approximate surface area is 154 Å². The highest BCUT2D eigenvalue weighted by Gasteiger charge is 2.22. The molecule has 0 unspecified atom stereocenters. The Hall–Kier alpha value is -2.42. The molecule has 1 aromatic heterocycles. The van der Waals surface area contributed by atoms with E-state index in [0.717, 1.165) is 25.6 Å². The van der Waals surface area contributed by atoms with E-state index in [1.807, 2.05) is 11.8 Å². The van der Waals surface area contributed by atoms with Crippen molar-refractivity contribution in [2.75, 3.05) is 64.4 Å². The molecule has 2 heterocycles. The van der Waals surface area contributed by atoms with E-state index in [0.29, 0.717) is 45.2 Å². The molecule has 2 rings (SSSR count). The number of nitrogens with one attached hydrogen (secondary N) is 2. The van der Waals surface area contributed by atoms with Crippen LogP contribution in [0.3, 0.4) is 0 Å². The Morgan fingerprint density at radius 2 is 1.96 bits per heavy atom. The van der Waals surface area contributed by atoms with E-state index in [2.05, 4.69) is 30.5 Å². The quantitative estimate of drug-likeness (QED) is 0.372. The first kappa shape index (κ1) is 19.9. The number of hydrogen-bond acceptors (Lipinski definition) is 6. The Morgan fingerprint density at radius 3 is 2.62 bits per heavy atom. The second-order valence-corrected chi connectivity index (χ2v) is 5.85. The molecule has 0 aliphatic carbocycles. The maximum atomic E-state index is 12.4. The zero-order valence-corrected chi connectivity index (χ0v) is 15.6. The SMILES string of the molecule is CCNC(=NCCOC)NCCC(=O)N1CCN(c2ncccn2)CC1. The standard InChI is InChI=1S/C17H29N7O2/c1-3-18-16(20-9-14-26-2)19-8-5-15(25)23-10-12-24(13-11-23)17-21-6-4-7-22-17/h4,6-7H,3,5,8-14H2,1-2H3,(H2,18,19,20). The predicted molar refractivity (Wildman–Crippen MR) is 101 cm³/mol. The van der Waals surface area contributed by atoms with E-state index in [-0.39, 0.29) is 5.91 Å². The number of nitrogens with zero attached hydrogens (tertiary/aromatic N) is 5. The molecule has 2 N–H and O–H groups in total. The van der Waals surface area contributed by atoms with Crippen LogP contribution in [0.25, 0.3) is 0 Å². The van der Waals surface area contributed by atoms with Crippen LogP contribution in [0.1, 0.15) is 13.3 Å². The molecule has 1 fully saturated rings. The maximum Gasteiger partial charge on any atom is 0.225 e. The summed E-state index contributed by atoms with van der Waals surface area (Å²) in [7, 11) is 1.65. The molecule has 0 aromatic carbocycles. The maximum absolute atomic E-state index is 12.4. The lowest BCUT2D eigenvalue weighted by molar-refractivity contribution is -0.131. The van der Waals surface area contributed by atoms with E-state index < -0.39 is 0 Å². The average Bonchev–Trinajstić information content (AvgIpc) is 2.69. The van der Waals surface area contributed by atoms with Crippen molar-refractivity contribution in [3.8, 4) is 0 Å². The van der Waals surface area contributed by atoms with E-state index in [9.17, 15) is 4.79 Å². The molecule has 0 atom stereocenters. The topological polar surface area (TPSA) is 95.0 Å². The van der Waals surface area contributed by atoms with Crippen LogP contribution in [0.2, 0.25) is 0 Å². The van der Waals surface area contributed by atoms with Gasteiger partial charge in [0.1, 0.15) is 0 Å². The minimum Gasteiger partial charge on any atom is -0.383 e. The van der Waals surface area contributed by atoms with Crippen molar-refractivity contribution < 1.29 is 9.53 Å². The van der Waals surface area contributed by atoms with Crippen molar-refractivity contribution >= 4 is 17.8 Å². The normalized spacial score (nSPS) is 15.1. The zero-order valence-electron chi connectivity index (χ0n) is 15.6. The third-order valence-corrected chi connectivity index (χ3v) is 4.01. The summed E-state index contributed by atoms with van der Waals surface area (Å²) in [5.74, 6) is 1.59. The summed E-state index contributed by atoms with van der Waals surface area (Å²) in [6, 6.07) is 1.80. The van der Waals surface area contributed by atoms with Crippen LogP contribution >= 0.6 is 0 Å². The average molecular weight is 363 g/mol. The van der Waals surface area contributed by atoms with Crippen molar-refractivity contribution in [2.24, 2.45) is 4.99 Å². The lowest BCUT2D eigenvalue weighted by Gasteiger charge is -2.34.